The van der Waals surface area contributed by atoms with Crippen LogP contribution in [0.25, 0.3) is 11.3 Å². The van der Waals surface area contributed by atoms with Gasteiger partial charge < -0.3 is 9.26 Å². The number of hydrogen-bond acceptors (Lipinski definition) is 5. The smallest absolute Gasteiger partial charge is 0.240 e. The maximum Gasteiger partial charge on any atom is 0.240 e. The highest BCUT2D eigenvalue weighted by molar-refractivity contribution is 7.89. The molecule has 3 rings (SSSR count). The molecular weight excluding hydrogens is 352 g/mol. The molecule has 0 bridgehead atoms. The maximum atomic E-state index is 12.4. The standard InChI is InChI=1S/C19H20N2O4S/c1-14-6-3-4-9-19(14)26(22,23)20-11-10-16-13-18(25-21-16)15-7-5-8-17(12-15)24-2/h3-9,12-13,20H,10-11H2,1-2H3. The fourth-order valence-corrected chi connectivity index (χ4v) is 3.87. The van der Waals surface area contributed by atoms with E-state index in [1.807, 2.05) is 30.3 Å². The number of benzene rings is 2. The average molecular weight is 372 g/mol. The third kappa shape index (κ3) is 4.12. The Morgan fingerprint density at radius 3 is 2.69 bits per heavy atom. The van der Waals surface area contributed by atoms with E-state index in [0.29, 0.717) is 23.4 Å². The van der Waals surface area contributed by atoms with E-state index in [0.717, 1.165) is 11.3 Å². The monoisotopic (exact) mass is 372 g/mol. The molecule has 1 heterocycles. The first kappa shape index (κ1) is 18.2. The van der Waals surface area contributed by atoms with E-state index in [9.17, 15) is 8.42 Å². The lowest BCUT2D eigenvalue weighted by atomic mass is 10.1. The van der Waals surface area contributed by atoms with Crippen LogP contribution < -0.4 is 9.46 Å². The average Bonchev–Trinajstić information content (AvgIpc) is 3.11. The number of aryl methyl sites for hydroxylation is 1. The van der Waals surface area contributed by atoms with Crippen molar-refractivity contribution in [2.24, 2.45) is 0 Å². The summed E-state index contributed by atoms with van der Waals surface area (Å²) in [6.45, 7) is 2.01. The molecule has 2 aromatic carbocycles. The lowest BCUT2D eigenvalue weighted by Gasteiger charge is -2.08. The van der Waals surface area contributed by atoms with Gasteiger partial charge in [0.15, 0.2) is 5.76 Å². The van der Waals surface area contributed by atoms with Crippen LogP contribution in [0.3, 0.4) is 0 Å². The summed E-state index contributed by atoms with van der Waals surface area (Å²) in [6, 6.07) is 16.1. The van der Waals surface area contributed by atoms with Crippen molar-refractivity contribution in [3.63, 3.8) is 0 Å². The molecule has 0 radical (unpaired) electrons. The molecule has 0 fully saturated rings. The number of ether oxygens (including phenoxy) is 1. The van der Waals surface area contributed by atoms with E-state index in [-0.39, 0.29) is 11.4 Å². The number of sulfonamides is 1. The van der Waals surface area contributed by atoms with Crippen LogP contribution in [0.4, 0.5) is 0 Å². The number of hydrogen-bond donors (Lipinski definition) is 1. The summed E-state index contributed by atoms with van der Waals surface area (Å²) >= 11 is 0. The minimum atomic E-state index is -3.54. The van der Waals surface area contributed by atoms with E-state index in [1.54, 1.807) is 38.3 Å². The molecule has 0 aliphatic heterocycles. The highest BCUT2D eigenvalue weighted by atomic mass is 32.2. The van der Waals surface area contributed by atoms with Crippen molar-refractivity contribution < 1.29 is 17.7 Å². The van der Waals surface area contributed by atoms with E-state index in [2.05, 4.69) is 9.88 Å². The van der Waals surface area contributed by atoms with Gasteiger partial charge >= 0.3 is 0 Å². The summed E-state index contributed by atoms with van der Waals surface area (Å²) in [6.07, 6.45) is 0.429. The van der Waals surface area contributed by atoms with Gasteiger partial charge in [0.2, 0.25) is 10.0 Å². The van der Waals surface area contributed by atoms with Crippen LogP contribution in [-0.4, -0.2) is 27.2 Å². The summed E-state index contributed by atoms with van der Waals surface area (Å²) in [5.74, 6) is 1.34. The number of nitrogens with one attached hydrogen (secondary N) is 1. The molecule has 1 N–H and O–H groups in total. The van der Waals surface area contributed by atoms with Gasteiger partial charge in [0, 0.05) is 24.6 Å². The Morgan fingerprint density at radius 1 is 1.12 bits per heavy atom. The van der Waals surface area contributed by atoms with Gasteiger partial charge in [-0.25, -0.2) is 13.1 Å². The molecule has 0 saturated heterocycles. The van der Waals surface area contributed by atoms with Crippen molar-refractivity contribution in [1.82, 2.24) is 9.88 Å². The van der Waals surface area contributed by atoms with E-state index in [1.165, 1.54) is 0 Å². The van der Waals surface area contributed by atoms with Gasteiger partial charge in [-0.1, -0.05) is 35.5 Å². The first-order valence-electron chi connectivity index (χ1n) is 8.15. The zero-order valence-corrected chi connectivity index (χ0v) is 15.4. The van der Waals surface area contributed by atoms with Crippen LogP contribution in [0.5, 0.6) is 5.75 Å². The Bertz CT molecular complexity index is 996. The van der Waals surface area contributed by atoms with Crippen molar-refractivity contribution in [3.8, 4) is 17.1 Å². The van der Waals surface area contributed by atoms with E-state index < -0.39 is 10.0 Å². The van der Waals surface area contributed by atoms with Crippen molar-refractivity contribution in [2.75, 3.05) is 13.7 Å². The molecule has 1 aromatic heterocycles. The van der Waals surface area contributed by atoms with Gasteiger partial charge in [0.25, 0.3) is 0 Å². The number of aromatic nitrogens is 1. The molecule has 0 amide bonds. The Hall–Kier alpha value is -2.64. The second kappa shape index (κ2) is 7.72. The largest absolute Gasteiger partial charge is 0.497 e. The number of nitrogens with zero attached hydrogens (tertiary/aromatic N) is 1. The first-order chi connectivity index (χ1) is 12.5. The zero-order chi connectivity index (χ0) is 18.6. The third-order valence-corrected chi connectivity index (χ3v) is 5.59. The van der Waals surface area contributed by atoms with Gasteiger partial charge in [-0.3, -0.25) is 0 Å². The molecule has 0 atom stereocenters. The molecule has 136 valence electrons. The van der Waals surface area contributed by atoms with Crippen molar-refractivity contribution in [2.45, 2.75) is 18.2 Å². The second-order valence-electron chi connectivity index (χ2n) is 5.83. The fourth-order valence-electron chi connectivity index (χ4n) is 2.59. The summed E-state index contributed by atoms with van der Waals surface area (Å²) in [5.41, 5.74) is 2.24. The number of methoxy groups -OCH3 is 1. The predicted octanol–water partition coefficient (Wildman–Crippen LogP) is 3.18. The zero-order valence-electron chi connectivity index (χ0n) is 14.6. The lowest BCUT2D eigenvalue weighted by Crippen LogP contribution is -2.26. The molecule has 0 aliphatic carbocycles. The second-order valence-corrected chi connectivity index (χ2v) is 7.56. The third-order valence-electron chi connectivity index (χ3n) is 3.97. The summed E-state index contributed by atoms with van der Waals surface area (Å²) < 4.78 is 37.9. The van der Waals surface area contributed by atoms with Gasteiger partial charge in [0.05, 0.1) is 17.7 Å². The Labute approximate surface area is 152 Å². The molecule has 0 saturated carbocycles. The lowest BCUT2D eigenvalue weighted by molar-refractivity contribution is 0.412. The molecular formula is C19H20N2O4S. The molecule has 26 heavy (non-hydrogen) atoms. The van der Waals surface area contributed by atoms with Crippen LogP contribution in [0.1, 0.15) is 11.3 Å². The highest BCUT2D eigenvalue weighted by Gasteiger charge is 2.16. The molecule has 7 heteroatoms. The Balaban J connectivity index is 1.64. The summed E-state index contributed by atoms with van der Waals surface area (Å²) in [7, 11) is -1.94. The van der Waals surface area contributed by atoms with Gasteiger partial charge in [-0.2, -0.15) is 0 Å². The molecule has 0 aliphatic rings. The summed E-state index contributed by atoms with van der Waals surface area (Å²) in [4.78, 5) is 0.289. The molecule has 6 nitrogen and oxygen atoms in total. The quantitative estimate of drug-likeness (QED) is 0.689. The van der Waals surface area contributed by atoms with E-state index >= 15 is 0 Å². The minimum absolute atomic E-state index is 0.237. The van der Waals surface area contributed by atoms with Gasteiger partial charge in [-0.05, 0) is 30.7 Å². The van der Waals surface area contributed by atoms with Crippen molar-refractivity contribution in [3.05, 3.63) is 65.9 Å². The SMILES string of the molecule is COc1cccc(-c2cc(CCNS(=O)(=O)c3ccccc3C)no2)c1. The normalized spacial score (nSPS) is 11.5. The van der Waals surface area contributed by atoms with Crippen LogP contribution >= 0.6 is 0 Å². The van der Waals surface area contributed by atoms with Crippen LogP contribution in [0.15, 0.2) is 64.0 Å². The van der Waals surface area contributed by atoms with Gasteiger partial charge in [0.1, 0.15) is 5.75 Å². The summed E-state index contributed by atoms with van der Waals surface area (Å²) in [5, 5.41) is 4.01. The molecule has 3 aromatic rings. The number of rotatable bonds is 7. The highest BCUT2D eigenvalue weighted by Crippen LogP contribution is 2.24. The van der Waals surface area contributed by atoms with Gasteiger partial charge in [-0.15, -0.1) is 0 Å². The van der Waals surface area contributed by atoms with Crippen LogP contribution in [0.2, 0.25) is 0 Å². The maximum absolute atomic E-state index is 12.4. The first-order valence-corrected chi connectivity index (χ1v) is 9.63. The van der Waals surface area contributed by atoms with Crippen molar-refractivity contribution in [1.29, 1.82) is 0 Å². The minimum Gasteiger partial charge on any atom is -0.497 e. The Morgan fingerprint density at radius 2 is 1.92 bits per heavy atom. The predicted molar refractivity (Wildman–Crippen MR) is 98.6 cm³/mol. The molecule has 0 unspecified atom stereocenters. The van der Waals surface area contributed by atoms with Crippen LogP contribution in [-0.2, 0) is 16.4 Å². The van der Waals surface area contributed by atoms with Crippen molar-refractivity contribution >= 4 is 10.0 Å². The fraction of sp³-hybridized carbons (Fsp3) is 0.211. The van der Waals surface area contributed by atoms with E-state index in [4.69, 9.17) is 9.26 Å². The Kier molecular flexibility index (Phi) is 5.39. The van der Waals surface area contributed by atoms with Crippen LogP contribution in [0, 0.1) is 6.92 Å². The topological polar surface area (TPSA) is 81.4 Å². The molecule has 0 spiro atoms.